The van der Waals surface area contributed by atoms with Gasteiger partial charge in [0.25, 0.3) is 0 Å². The van der Waals surface area contributed by atoms with Crippen molar-refractivity contribution < 1.29 is 34.0 Å². The van der Waals surface area contributed by atoms with Crippen molar-refractivity contribution in [2.24, 2.45) is 23.2 Å². The van der Waals surface area contributed by atoms with Gasteiger partial charge in [-0.1, -0.05) is 32.1 Å². The van der Waals surface area contributed by atoms with E-state index >= 15 is 0 Å². The maximum absolute atomic E-state index is 12.0. The predicted molar refractivity (Wildman–Crippen MR) is 138 cm³/mol. The van der Waals surface area contributed by atoms with Gasteiger partial charge in [-0.15, -0.1) is 0 Å². The Labute approximate surface area is 221 Å². The largest absolute Gasteiger partial charge is 0.364 e. The molecule has 1 saturated carbocycles. The van der Waals surface area contributed by atoms with Gasteiger partial charge < -0.3 is 29.2 Å². The minimum Gasteiger partial charge on any atom is -0.364 e. The van der Waals surface area contributed by atoms with E-state index in [9.17, 15) is 15.0 Å². The van der Waals surface area contributed by atoms with Crippen LogP contribution in [0.5, 0.6) is 0 Å². The van der Waals surface area contributed by atoms with Crippen LogP contribution in [-0.4, -0.2) is 58.3 Å². The van der Waals surface area contributed by atoms with Crippen molar-refractivity contribution in [2.45, 2.75) is 121 Å². The number of ether oxygens (including phenoxy) is 4. The zero-order chi connectivity index (χ0) is 26.9. The summed E-state index contributed by atoms with van der Waals surface area (Å²) >= 11 is 0. The molecule has 0 aromatic heterocycles. The van der Waals surface area contributed by atoms with Crippen molar-refractivity contribution in [3.05, 3.63) is 23.8 Å². The Balaban J connectivity index is 1.19. The summed E-state index contributed by atoms with van der Waals surface area (Å²) in [5, 5.41) is 21.2. The average molecular weight is 519 g/mol. The fourth-order valence-corrected chi connectivity index (χ4v) is 7.82. The Morgan fingerprint density at radius 2 is 1.81 bits per heavy atom. The van der Waals surface area contributed by atoms with Crippen LogP contribution in [0.25, 0.3) is 0 Å². The molecule has 37 heavy (non-hydrogen) atoms. The summed E-state index contributed by atoms with van der Waals surface area (Å²) in [5.74, 6) is -1.06. The fraction of sp³-hybridized carbons (Fsp3) is 0.833. The SMILES string of the molecule is C=C1CCC(CCC2CCC3(OC2)OC2(O)CCC3(C)OC2(C)C)C(C)(C)C1CC=C1C(=O)COC1O. The molecule has 7 heteroatoms. The zero-order valence-corrected chi connectivity index (χ0v) is 23.3. The standard InChI is InChI=1S/C30H46O7/c1-19-7-9-21(26(2,3)23(19)12-11-22-24(31)18-34-25(22)32)10-8-20-13-14-30(35-17-20)28(6)15-16-29(33,37-30)27(4,5)36-28/h11,20-21,23,25,32-33H,1,7-10,12-18H2,2-6H3. The van der Waals surface area contributed by atoms with Gasteiger partial charge in [-0.05, 0) is 88.9 Å². The molecule has 7 atom stereocenters. The summed E-state index contributed by atoms with van der Waals surface area (Å²) in [4.78, 5) is 12.0. The number of aliphatic hydroxyl groups is 2. The van der Waals surface area contributed by atoms with E-state index in [1.54, 1.807) is 0 Å². The lowest BCUT2D eigenvalue weighted by Crippen LogP contribution is -2.78. The molecular formula is C30H46O7. The number of hydrogen-bond donors (Lipinski definition) is 2. The molecule has 0 radical (unpaired) electrons. The molecule has 1 spiro atoms. The molecule has 2 bridgehead atoms. The Hall–Kier alpha value is -1.09. The van der Waals surface area contributed by atoms with Gasteiger partial charge in [-0.3, -0.25) is 4.79 Å². The molecule has 208 valence electrons. The third-order valence-electron chi connectivity index (χ3n) is 10.6. The van der Waals surface area contributed by atoms with Crippen molar-refractivity contribution in [3.8, 4) is 0 Å². The fourth-order valence-electron chi connectivity index (χ4n) is 7.82. The maximum Gasteiger partial charge on any atom is 0.200 e. The van der Waals surface area contributed by atoms with Crippen molar-refractivity contribution in [3.63, 3.8) is 0 Å². The second kappa shape index (κ2) is 9.24. The molecule has 0 amide bonds. The highest BCUT2D eigenvalue weighted by Gasteiger charge is 2.71. The van der Waals surface area contributed by atoms with Crippen LogP contribution in [0, 0.1) is 23.2 Å². The summed E-state index contributed by atoms with van der Waals surface area (Å²) in [7, 11) is 0. The van der Waals surface area contributed by atoms with Crippen LogP contribution in [0.4, 0.5) is 0 Å². The summed E-state index contributed by atoms with van der Waals surface area (Å²) < 4.78 is 24.3. The quantitative estimate of drug-likeness (QED) is 0.399. The van der Waals surface area contributed by atoms with E-state index in [1.807, 2.05) is 19.9 Å². The van der Waals surface area contributed by atoms with Gasteiger partial charge in [0.1, 0.15) is 17.8 Å². The second-order valence-corrected chi connectivity index (χ2v) is 13.5. The lowest BCUT2D eigenvalue weighted by atomic mass is 9.58. The first-order valence-corrected chi connectivity index (χ1v) is 14.2. The Kier molecular flexibility index (Phi) is 6.86. The number of hydrogen-bond acceptors (Lipinski definition) is 7. The van der Waals surface area contributed by atoms with Crippen molar-refractivity contribution in [1.82, 2.24) is 0 Å². The predicted octanol–water partition coefficient (Wildman–Crippen LogP) is 4.80. The zero-order valence-electron chi connectivity index (χ0n) is 23.3. The van der Waals surface area contributed by atoms with Gasteiger partial charge in [-0.2, -0.15) is 0 Å². The normalized spacial score (nSPS) is 46.2. The molecule has 5 saturated heterocycles. The molecule has 6 fully saturated rings. The van der Waals surface area contributed by atoms with Crippen LogP contribution in [0.15, 0.2) is 23.8 Å². The number of carbonyl (C=O) groups excluding carboxylic acids is 1. The van der Waals surface area contributed by atoms with Gasteiger partial charge >= 0.3 is 0 Å². The van der Waals surface area contributed by atoms with Crippen molar-refractivity contribution >= 4 is 5.78 Å². The summed E-state index contributed by atoms with van der Waals surface area (Å²) in [6.07, 6.45) is 8.81. The van der Waals surface area contributed by atoms with E-state index in [0.717, 1.165) is 44.9 Å². The smallest absolute Gasteiger partial charge is 0.200 e. The number of rotatable bonds is 5. The molecule has 6 rings (SSSR count). The molecule has 6 aliphatic rings. The van der Waals surface area contributed by atoms with Crippen LogP contribution in [0.3, 0.4) is 0 Å². The van der Waals surface area contributed by atoms with Gasteiger partial charge in [0.2, 0.25) is 5.79 Å². The number of Topliss-reactive ketones (excluding diaryl/α,β-unsaturated/α-hetero) is 1. The highest BCUT2D eigenvalue weighted by molar-refractivity contribution is 5.98. The Morgan fingerprint density at radius 3 is 2.43 bits per heavy atom. The van der Waals surface area contributed by atoms with Gasteiger partial charge in [0.05, 0.1) is 6.61 Å². The number of fused-ring (bicyclic) bond motifs is 2. The molecule has 5 aliphatic heterocycles. The number of allylic oxidation sites excluding steroid dienone is 2. The third-order valence-corrected chi connectivity index (χ3v) is 10.6. The highest BCUT2D eigenvalue weighted by atomic mass is 16.8. The lowest BCUT2D eigenvalue weighted by molar-refractivity contribution is -0.522. The number of carbonyl (C=O) groups is 1. The molecule has 7 nitrogen and oxygen atoms in total. The summed E-state index contributed by atoms with van der Waals surface area (Å²) in [6.45, 7) is 15.5. The summed E-state index contributed by atoms with van der Waals surface area (Å²) in [6, 6.07) is 0. The monoisotopic (exact) mass is 518 g/mol. The number of ketones is 1. The van der Waals surface area contributed by atoms with E-state index in [4.69, 9.17) is 18.9 Å². The first-order valence-electron chi connectivity index (χ1n) is 14.2. The third kappa shape index (κ3) is 4.48. The van der Waals surface area contributed by atoms with Crippen LogP contribution in [-0.2, 0) is 23.7 Å². The Morgan fingerprint density at radius 1 is 1.05 bits per heavy atom. The van der Waals surface area contributed by atoms with Crippen molar-refractivity contribution in [1.29, 1.82) is 0 Å². The molecule has 2 N–H and O–H groups in total. The highest BCUT2D eigenvalue weighted by Crippen LogP contribution is 2.59. The Bertz CT molecular complexity index is 959. The van der Waals surface area contributed by atoms with E-state index in [0.29, 0.717) is 36.9 Å². The number of aliphatic hydroxyl groups excluding tert-OH is 1. The van der Waals surface area contributed by atoms with E-state index in [-0.39, 0.29) is 23.7 Å². The molecular weight excluding hydrogens is 472 g/mol. The van der Waals surface area contributed by atoms with Crippen LogP contribution in [0.1, 0.15) is 92.4 Å². The van der Waals surface area contributed by atoms with Gasteiger partial charge in [0, 0.05) is 18.4 Å². The first kappa shape index (κ1) is 27.5. The van der Waals surface area contributed by atoms with Crippen LogP contribution >= 0.6 is 0 Å². The van der Waals surface area contributed by atoms with Gasteiger partial charge in [-0.25, -0.2) is 0 Å². The molecule has 0 aromatic carbocycles. The molecule has 0 aromatic rings. The maximum atomic E-state index is 12.0. The second-order valence-electron chi connectivity index (χ2n) is 13.5. The lowest BCUT2D eigenvalue weighted by Gasteiger charge is -2.66. The molecule has 5 heterocycles. The average Bonchev–Trinajstić information content (AvgIpc) is 3.13. The van der Waals surface area contributed by atoms with Gasteiger partial charge in [0.15, 0.2) is 17.9 Å². The van der Waals surface area contributed by atoms with Crippen molar-refractivity contribution in [2.75, 3.05) is 13.2 Å². The minimum absolute atomic E-state index is 0.0389. The van der Waals surface area contributed by atoms with Crippen LogP contribution < -0.4 is 0 Å². The van der Waals surface area contributed by atoms with E-state index in [2.05, 4.69) is 27.4 Å². The summed E-state index contributed by atoms with van der Waals surface area (Å²) in [5.41, 5.74) is 0.353. The first-order chi connectivity index (χ1) is 17.2. The van der Waals surface area contributed by atoms with E-state index in [1.165, 1.54) is 5.57 Å². The molecule has 7 unspecified atom stereocenters. The van der Waals surface area contributed by atoms with Crippen LogP contribution in [0.2, 0.25) is 0 Å². The topological polar surface area (TPSA) is 94.5 Å². The molecule has 1 aliphatic carbocycles. The minimum atomic E-state index is -1.32. The van der Waals surface area contributed by atoms with E-state index < -0.39 is 29.1 Å².